The highest BCUT2D eigenvalue weighted by molar-refractivity contribution is 5.93. The zero-order valence-corrected chi connectivity index (χ0v) is 14.7. The monoisotopic (exact) mass is 353 g/mol. The first-order valence-electron chi connectivity index (χ1n) is 8.79. The van der Waals surface area contributed by atoms with E-state index in [4.69, 9.17) is 0 Å². The number of hydrogen-bond donors (Lipinski definition) is 0. The molecule has 0 aliphatic rings. The van der Waals surface area contributed by atoms with Crippen molar-refractivity contribution >= 4 is 21.8 Å². The van der Waals surface area contributed by atoms with E-state index in [2.05, 4.69) is 9.97 Å². The molecule has 0 saturated heterocycles. The first-order chi connectivity index (χ1) is 13.2. The summed E-state index contributed by atoms with van der Waals surface area (Å²) in [6.07, 6.45) is 5.40. The van der Waals surface area contributed by atoms with Crippen molar-refractivity contribution in [2.24, 2.45) is 0 Å². The van der Waals surface area contributed by atoms with E-state index in [9.17, 15) is 0 Å². The van der Waals surface area contributed by atoms with Gasteiger partial charge in [0.1, 0.15) is 5.69 Å². The van der Waals surface area contributed by atoms with Crippen molar-refractivity contribution < 1.29 is 4.39 Å². The topological polar surface area (TPSA) is 30.7 Å². The summed E-state index contributed by atoms with van der Waals surface area (Å²) in [5.41, 5.74) is 4.40. The van der Waals surface area contributed by atoms with E-state index < -0.39 is 0 Å². The molecule has 0 bridgehead atoms. The summed E-state index contributed by atoms with van der Waals surface area (Å²) in [4.78, 5) is 8.80. The lowest BCUT2D eigenvalue weighted by Crippen LogP contribution is -2.02. The number of rotatable bonds is 2. The second kappa shape index (κ2) is 6.02. The van der Waals surface area contributed by atoms with Crippen molar-refractivity contribution in [1.82, 2.24) is 14.5 Å². The standard InChI is InChI=1S/C23H16FN3/c1-15-5-4-6-16(13-15)22-21(24)23(18-7-2-3-8-19(18)26-22)27-12-10-17-14-25-11-9-20(17)27/h2-14H,1H3. The van der Waals surface area contributed by atoms with E-state index in [1.54, 1.807) is 12.4 Å². The molecule has 0 saturated carbocycles. The first kappa shape index (κ1) is 15.7. The predicted octanol–water partition coefficient (Wildman–Crippen LogP) is 5.69. The molecule has 3 aromatic heterocycles. The third-order valence-corrected chi connectivity index (χ3v) is 4.83. The molecule has 0 amide bonds. The minimum atomic E-state index is -0.325. The van der Waals surface area contributed by atoms with Crippen molar-refractivity contribution in [2.45, 2.75) is 6.92 Å². The Balaban J connectivity index is 1.90. The van der Waals surface area contributed by atoms with E-state index >= 15 is 4.39 Å². The van der Waals surface area contributed by atoms with Crippen LogP contribution in [0.15, 0.2) is 79.3 Å². The van der Waals surface area contributed by atoms with Crippen LogP contribution in [0.2, 0.25) is 0 Å². The van der Waals surface area contributed by atoms with Crippen LogP contribution in [0, 0.1) is 12.7 Å². The van der Waals surface area contributed by atoms with Gasteiger partial charge in [0.15, 0.2) is 5.82 Å². The quantitative estimate of drug-likeness (QED) is 0.408. The van der Waals surface area contributed by atoms with Gasteiger partial charge in [0.2, 0.25) is 0 Å². The lowest BCUT2D eigenvalue weighted by molar-refractivity contribution is 0.621. The van der Waals surface area contributed by atoms with Crippen molar-refractivity contribution in [3.8, 4) is 16.9 Å². The molecule has 2 aromatic carbocycles. The Hall–Kier alpha value is -3.53. The number of para-hydroxylation sites is 1. The van der Waals surface area contributed by atoms with Crippen molar-refractivity contribution in [3.63, 3.8) is 0 Å². The molecule has 3 heterocycles. The predicted molar refractivity (Wildman–Crippen MR) is 107 cm³/mol. The average Bonchev–Trinajstić information content (AvgIpc) is 3.11. The summed E-state index contributed by atoms with van der Waals surface area (Å²) < 4.78 is 17.7. The van der Waals surface area contributed by atoms with Crippen LogP contribution in [0.3, 0.4) is 0 Å². The summed E-state index contributed by atoms with van der Waals surface area (Å²) in [6, 6.07) is 19.3. The smallest absolute Gasteiger partial charge is 0.174 e. The molecule has 0 unspecified atom stereocenters. The van der Waals surface area contributed by atoms with Gasteiger partial charge in [0, 0.05) is 34.9 Å². The van der Waals surface area contributed by atoms with Gasteiger partial charge in [-0.25, -0.2) is 9.37 Å². The van der Waals surface area contributed by atoms with Gasteiger partial charge in [-0.05, 0) is 31.2 Å². The Morgan fingerprint density at radius 2 is 1.85 bits per heavy atom. The van der Waals surface area contributed by atoms with E-state index in [0.29, 0.717) is 11.4 Å². The number of halogens is 1. The fraction of sp³-hybridized carbons (Fsp3) is 0.0435. The fourth-order valence-corrected chi connectivity index (χ4v) is 3.57. The van der Waals surface area contributed by atoms with Crippen molar-refractivity contribution in [1.29, 1.82) is 0 Å². The Kier molecular flexibility index (Phi) is 3.50. The summed E-state index contributed by atoms with van der Waals surface area (Å²) in [7, 11) is 0. The van der Waals surface area contributed by atoms with Gasteiger partial charge >= 0.3 is 0 Å². The van der Waals surface area contributed by atoms with Crippen LogP contribution in [0.25, 0.3) is 38.8 Å². The normalized spacial score (nSPS) is 11.3. The van der Waals surface area contributed by atoms with Gasteiger partial charge in [-0.1, -0.05) is 42.0 Å². The highest BCUT2D eigenvalue weighted by atomic mass is 19.1. The molecule has 0 fully saturated rings. The number of nitrogens with zero attached hydrogens (tertiary/aromatic N) is 3. The van der Waals surface area contributed by atoms with Crippen LogP contribution in [-0.2, 0) is 0 Å². The maximum absolute atomic E-state index is 15.8. The summed E-state index contributed by atoms with van der Waals surface area (Å²) >= 11 is 0. The van der Waals surface area contributed by atoms with Crippen LogP contribution in [0.1, 0.15) is 5.56 Å². The number of pyridine rings is 2. The molecule has 130 valence electrons. The molecule has 5 aromatic rings. The number of aryl methyl sites for hydroxylation is 1. The minimum absolute atomic E-state index is 0.325. The Bertz CT molecular complexity index is 1300. The average molecular weight is 353 g/mol. The van der Waals surface area contributed by atoms with Gasteiger partial charge < -0.3 is 4.57 Å². The van der Waals surface area contributed by atoms with Crippen LogP contribution >= 0.6 is 0 Å². The molecule has 0 aliphatic heterocycles. The van der Waals surface area contributed by atoms with Crippen molar-refractivity contribution in [3.05, 3.63) is 90.6 Å². The Morgan fingerprint density at radius 3 is 2.74 bits per heavy atom. The maximum atomic E-state index is 15.8. The lowest BCUT2D eigenvalue weighted by Gasteiger charge is -2.14. The molecule has 0 spiro atoms. The van der Waals surface area contributed by atoms with E-state index in [0.717, 1.165) is 32.9 Å². The van der Waals surface area contributed by atoms with Crippen LogP contribution in [0.4, 0.5) is 4.39 Å². The van der Waals surface area contributed by atoms with Crippen molar-refractivity contribution in [2.75, 3.05) is 0 Å². The third kappa shape index (κ3) is 2.49. The van der Waals surface area contributed by atoms with Gasteiger partial charge in [0.05, 0.1) is 16.7 Å². The lowest BCUT2D eigenvalue weighted by atomic mass is 10.0. The van der Waals surface area contributed by atoms with Crippen LogP contribution in [-0.4, -0.2) is 14.5 Å². The second-order valence-electron chi connectivity index (χ2n) is 6.63. The zero-order valence-electron chi connectivity index (χ0n) is 14.7. The fourth-order valence-electron chi connectivity index (χ4n) is 3.57. The van der Waals surface area contributed by atoms with E-state index in [-0.39, 0.29) is 5.82 Å². The molecule has 0 aliphatic carbocycles. The molecule has 27 heavy (non-hydrogen) atoms. The highest BCUT2D eigenvalue weighted by Gasteiger charge is 2.19. The van der Waals surface area contributed by atoms with Crippen LogP contribution in [0.5, 0.6) is 0 Å². The first-order valence-corrected chi connectivity index (χ1v) is 8.79. The van der Waals surface area contributed by atoms with Gasteiger partial charge in [-0.15, -0.1) is 0 Å². The number of hydrogen-bond acceptors (Lipinski definition) is 2. The summed E-state index contributed by atoms with van der Waals surface area (Å²) in [6.45, 7) is 2.00. The molecule has 3 nitrogen and oxygen atoms in total. The Morgan fingerprint density at radius 1 is 0.963 bits per heavy atom. The molecule has 4 heteroatoms. The summed E-state index contributed by atoms with van der Waals surface area (Å²) in [5.74, 6) is -0.325. The molecule has 0 atom stereocenters. The largest absolute Gasteiger partial charge is 0.313 e. The van der Waals surface area contributed by atoms with E-state index in [1.807, 2.05) is 78.4 Å². The van der Waals surface area contributed by atoms with Gasteiger partial charge in [-0.3, -0.25) is 4.98 Å². The second-order valence-corrected chi connectivity index (χ2v) is 6.63. The van der Waals surface area contributed by atoms with E-state index in [1.165, 1.54) is 0 Å². The molecule has 5 rings (SSSR count). The van der Waals surface area contributed by atoms with Gasteiger partial charge in [-0.2, -0.15) is 0 Å². The number of benzene rings is 2. The highest BCUT2D eigenvalue weighted by Crippen LogP contribution is 2.33. The molecular weight excluding hydrogens is 337 g/mol. The number of fused-ring (bicyclic) bond motifs is 2. The zero-order chi connectivity index (χ0) is 18.4. The molecule has 0 N–H and O–H groups in total. The SMILES string of the molecule is Cc1cccc(-c2nc3ccccc3c(-n3ccc4cnccc43)c2F)c1. The minimum Gasteiger partial charge on any atom is -0.313 e. The Labute approximate surface area is 155 Å². The van der Waals surface area contributed by atoms with Gasteiger partial charge in [0.25, 0.3) is 0 Å². The summed E-state index contributed by atoms with van der Waals surface area (Å²) in [5, 5.41) is 1.75. The third-order valence-electron chi connectivity index (χ3n) is 4.83. The maximum Gasteiger partial charge on any atom is 0.174 e. The molecular formula is C23H16FN3. The van der Waals surface area contributed by atoms with Crippen LogP contribution < -0.4 is 0 Å². The molecule has 0 radical (unpaired) electrons. The number of aromatic nitrogens is 3.